The van der Waals surface area contributed by atoms with Gasteiger partial charge in [-0.2, -0.15) is 0 Å². The summed E-state index contributed by atoms with van der Waals surface area (Å²) >= 11 is 0. The molecule has 0 aromatic rings. The van der Waals surface area contributed by atoms with Crippen LogP contribution in [0.4, 0.5) is 0 Å². The van der Waals surface area contributed by atoms with E-state index in [1.807, 2.05) is 6.92 Å². The molecule has 0 aromatic heterocycles. The summed E-state index contributed by atoms with van der Waals surface area (Å²) in [6, 6.07) is 0.152. The van der Waals surface area contributed by atoms with Crippen molar-refractivity contribution in [2.75, 3.05) is 20.6 Å². The van der Waals surface area contributed by atoms with Gasteiger partial charge in [-0.05, 0) is 41.8 Å². The minimum absolute atomic E-state index is 0.128. The van der Waals surface area contributed by atoms with Crippen LogP contribution >= 0.6 is 0 Å². The number of hydrogen-bond acceptors (Lipinski definition) is 3. The van der Waals surface area contributed by atoms with Gasteiger partial charge in [0.1, 0.15) is 0 Å². The molecule has 0 bridgehead atoms. The van der Waals surface area contributed by atoms with Crippen LogP contribution in [-0.2, 0) is 0 Å². The van der Waals surface area contributed by atoms with Gasteiger partial charge in [-0.3, -0.25) is 0 Å². The van der Waals surface area contributed by atoms with Gasteiger partial charge < -0.3 is 15.3 Å². The van der Waals surface area contributed by atoms with Crippen molar-refractivity contribution in [2.24, 2.45) is 0 Å². The number of aliphatic hydroxyl groups is 1. The van der Waals surface area contributed by atoms with E-state index >= 15 is 0 Å². The molecular formula is C10H24N2O. The molecule has 0 aliphatic carbocycles. The Balaban J connectivity index is 3.88. The molecule has 0 radical (unpaired) electrons. The highest BCUT2D eigenvalue weighted by Gasteiger charge is 2.21. The fourth-order valence-electron chi connectivity index (χ4n) is 0.739. The lowest BCUT2D eigenvalue weighted by Crippen LogP contribution is -2.50. The Morgan fingerprint density at radius 1 is 1.31 bits per heavy atom. The maximum absolute atomic E-state index is 9.28. The first-order chi connectivity index (χ1) is 5.77. The zero-order valence-corrected chi connectivity index (χ0v) is 9.76. The van der Waals surface area contributed by atoms with E-state index in [0.717, 1.165) is 6.54 Å². The van der Waals surface area contributed by atoms with Crippen LogP contribution < -0.4 is 5.32 Å². The lowest BCUT2D eigenvalue weighted by Gasteiger charge is -2.34. The van der Waals surface area contributed by atoms with Gasteiger partial charge in [-0.15, -0.1) is 0 Å². The summed E-state index contributed by atoms with van der Waals surface area (Å²) in [4.78, 5) is 2.18. The fourth-order valence-corrected chi connectivity index (χ4v) is 0.739. The molecule has 3 nitrogen and oxygen atoms in total. The zero-order chi connectivity index (χ0) is 10.6. The van der Waals surface area contributed by atoms with Crippen molar-refractivity contribution in [1.29, 1.82) is 0 Å². The number of rotatable bonds is 5. The number of aliphatic hydroxyl groups excluding tert-OH is 1. The smallest absolute Gasteiger partial charge is 0.0662 e. The number of nitrogens with one attached hydrogen (secondary N) is 1. The van der Waals surface area contributed by atoms with E-state index < -0.39 is 0 Å². The van der Waals surface area contributed by atoms with Crippen LogP contribution in [0, 0.1) is 0 Å². The van der Waals surface area contributed by atoms with Crippen molar-refractivity contribution in [1.82, 2.24) is 10.2 Å². The molecule has 0 spiro atoms. The highest BCUT2D eigenvalue weighted by Crippen LogP contribution is 2.08. The predicted octanol–water partition coefficient (Wildman–Crippen LogP) is 0.685. The standard InChI is InChI=1S/C10H24N2O/c1-8(9(2)13)11-7-10(3,4)12(5)6/h8-9,11,13H,7H2,1-6H3. The molecule has 2 N–H and O–H groups in total. The first-order valence-corrected chi connectivity index (χ1v) is 4.86. The van der Waals surface area contributed by atoms with E-state index in [1.54, 1.807) is 6.92 Å². The van der Waals surface area contributed by atoms with Crippen LogP contribution in [0.1, 0.15) is 27.7 Å². The van der Waals surface area contributed by atoms with E-state index in [4.69, 9.17) is 0 Å². The lowest BCUT2D eigenvalue weighted by molar-refractivity contribution is 0.131. The maximum Gasteiger partial charge on any atom is 0.0662 e. The Morgan fingerprint density at radius 2 is 1.77 bits per heavy atom. The van der Waals surface area contributed by atoms with Crippen LogP contribution in [-0.4, -0.2) is 48.3 Å². The van der Waals surface area contributed by atoms with E-state index in [-0.39, 0.29) is 17.7 Å². The predicted molar refractivity (Wildman–Crippen MR) is 56.9 cm³/mol. The monoisotopic (exact) mass is 188 g/mol. The minimum atomic E-state index is -0.294. The Kier molecular flexibility index (Phi) is 4.89. The second-order valence-electron chi connectivity index (χ2n) is 4.62. The third-order valence-electron chi connectivity index (χ3n) is 2.79. The van der Waals surface area contributed by atoms with Gasteiger partial charge in [0.2, 0.25) is 0 Å². The van der Waals surface area contributed by atoms with Crippen molar-refractivity contribution in [3.8, 4) is 0 Å². The summed E-state index contributed by atoms with van der Waals surface area (Å²) in [5, 5.41) is 12.6. The maximum atomic E-state index is 9.28. The SMILES string of the molecule is CC(O)C(C)NCC(C)(C)N(C)C. The second kappa shape index (κ2) is 4.94. The van der Waals surface area contributed by atoms with Crippen LogP contribution in [0.5, 0.6) is 0 Å². The molecular weight excluding hydrogens is 164 g/mol. The van der Waals surface area contributed by atoms with Gasteiger partial charge in [-0.25, -0.2) is 0 Å². The molecule has 0 amide bonds. The topological polar surface area (TPSA) is 35.5 Å². The van der Waals surface area contributed by atoms with Crippen molar-refractivity contribution in [3.05, 3.63) is 0 Å². The summed E-state index contributed by atoms with van der Waals surface area (Å²) in [6.07, 6.45) is -0.294. The first kappa shape index (κ1) is 12.9. The Labute approximate surface area is 82.1 Å². The molecule has 2 atom stereocenters. The van der Waals surface area contributed by atoms with Gasteiger partial charge in [0, 0.05) is 18.1 Å². The lowest BCUT2D eigenvalue weighted by atomic mass is 10.0. The van der Waals surface area contributed by atoms with Crippen molar-refractivity contribution >= 4 is 0 Å². The molecule has 0 rings (SSSR count). The molecule has 0 aliphatic rings. The van der Waals surface area contributed by atoms with Crippen LogP contribution in [0.25, 0.3) is 0 Å². The average Bonchev–Trinajstić information content (AvgIpc) is 1.99. The van der Waals surface area contributed by atoms with Crippen molar-refractivity contribution in [3.63, 3.8) is 0 Å². The fraction of sp³-hybridized carbons (Fsp3) is 1.00. The van der Waals surface area contributed by atoms with Crippen LogP contribution in [0.2, 0.25) is 0 Å². The molecule has 0 fully saturated rings. The number of likely N-dealkylation sites (N-methyl/N-ethyl adjacent to an activating group) is 1. The molecule has 0 saturated heterocycles. The normalized spacial score (nSPS) is 17.5. The van der Waals surface area contributed by atoms with Crippen molar-refractivity contribution in [2.45, 2.75) is 45.4 Å². The summed E-state index contributed by atoms with van der Waals surface area (Å²) in [5.74, 6) is 0. The molecule has 80 valence electrons. The Hall–Kier alpha value is -0.120. The highest BCUT2D eigenvalue weighted by molar-refractivity contribution is 4.81. The molecule has 2 unspecified atom stereocenters. The quantitative estimate of drug-likeness (QED) is 0.666. The molecule has 0 saturated carbocycles. The first-order valence-electron chi connectivity index (χ1n) is 4.86. The Bertz CT molecular complexity index is 144. The molecule has 3 heteroatoms. The number of hydrogen-bond donors (Lipinski definition) is 2. The Morgan fingerprint density at radius 3 is 2.08 bits per heavy atom. The summed E-state index contributed by atoms with van der Waals surface area (Å²) in [5.41, 5.74) is 0.128. The van der Waals surface area contributed by atoms with E-state index in [0.29, 0.717) is 0 Å². The summed E-state index contributed by atoms with van der Waals surface area (Å²) < 4.78 is 0. The third kappa shape index (κ3) is 4.60. The second-order valence-corrected chi connectivity index (χ2v) is 4.62. The van der Waals surface area contributed by atoms with Gasteiger partial charge in [0.25, 0.3) is 0 Å². The van der Waals surface area contributed by atoms with E-state index in [2.05, 4.69) is 38.2 Å². The zero-order valence-electron chi connectivity index (χ0n) is 9.76. The summed E-state index contributed by atoms with van der Waals surface area (Å²) in [7, 11) is 4.13. The molecule has 0 aromatic carbocycles. The molecule has 0 heterocycles. The van der Waals surface area contributed by atoms with Gasteiger partial charge in [0.15, 0.2) is 0 Å². The number of nitrogens with zero attached hydrogens (tertiary/aromatic N) is 1. The summed E-state index contributed by atoms with van der Waals surface area (Å²) in [6.45, 7) is 9.03. The largest absolute Gasteiger partial charge is 0.392 e. The van der Waals surface area contributed by atoms with Gasteiger partial charge in [0.05, 0.1) is 6.10 Å². The van der Waals surface area contributed by atoms with Gasteiger partial charge in [-0.1, -0.05) is 0 Å². The van der Waals surface area contributed by atoms with Crippen molar-refractivity contribution < 1.29 is 5.11 Å². The van der Waals surface area contributed by atoms with E-state index in [1.165, 1.54) is 0 Å². The molecule has 13 heavy (non-hydrogen) atoms. The minimum Gasteiger partial charge on any atom is -0.392 e. The average molecular weight is 188 g/mol. The van der Waals surface area contributed by atoms with Gasteiger partial charge >= 0.3 is 0 Å². The van der Waals surface area contributed by atoms with E-state index in [9.17, 15) is 5.11 Å². The molecule has 0 aliphatic heterocycles. The third-order valence-corrected chi connectivity index (χ3v) is 2.79. The highest BCUT2D eigenvalue weighted by atomic mass is 16.3. The van der Waals surface area contributed by atoms with Crippen LogP contribution in [0.3, 0.4) is 0 Å². The van der Waals surface area contributed by atoms with Crippen LogP contribution in [0.15, 0.2) is 0 Å².